The number of ether oxygens (including phenoxy) is 1. The number of rotatable bonds is 0. The van der Waals surface area contributed by atoms with Crippen LogP contribution in [0.1, 0.15) is 12.0 Å². The van der Waals surface area contributed by atoms with Crippen molar-refractivity contribution < 1.29 is 4.74 Å². The summed E-state index contributed by atoms with van der Waals surface area (Å²) < 4.78 is 6.69. The maximum absolute atomic E-state index is 5.52. The van der Waals surface area contributed by atoms with E-state index in [2.05, 4.69) is 39.4 Å². The lowest BCUT2D eigenvalue weighted by Crippen LogP contribution is -2.28. The van der Waals surface area contributed by atoms with Gasteiger partial charge in [-0.1, -0.05) is 12.1 Å². The van der Waals surface area contributed by atoms with Crippen LogP contribution in [0, 0.1) is 0 Å². The average molecular weight is 254 g/mol. The Hall–Kier alpha value is -0.540. The molecule has 1 spiro atoms. The SMILES string of the molecule is Brc1cccc2c1NCC21CCOC1. The normalized spacial score (nSPS) is 29.2. The molecule has 0 radical (unpaired) electrons. The van der Waals surface area contributed by atoms with Crippen molar-refractivity contribution >= 4 is 21.6 Å². The van der Waals surface area contributed by atoms with Crippen LogP contribution in [0.3, 0.4) is 0 Å². The third-order valence-electron chi connectivity index (χ3n) is 3.29. The van der Waals surface area contributed by atoms with Crippen LogP contribution in [-0.2, 0) is 10.2 Å². The zero-order chi connectivity index (χ0) is 9.60. The predicted molar refractivity (Wildman–Crippen MR) is 59.7 cm³/mol. The van der Waals surface area contributed by atoms with Crippen molar-refractivity contribution in [2.24, 2.45) is 0 Å². The summed E-state index contributed by atoms with van der Waals surface area (Å²) in [6.07, 6.45) is 1.14. The smallest absolute Gasteiger partial charge is 0.0581 e. The van der Waals surface area contributed by atoms with Gasteiger partial charge in [0.15, 0.2) is 0 Å². The zero-order valence-corrected chi connectivity index (χ0v) is 9.43. The highest BCUT2D eigenvalue weighted by Crippen LogP contribution is 2.45. The van der Waals surface area contributed by atoms with Gasteiger partial charge in [-0.2, -0.15) is 0 Å². The highest BCUT2D eigenvalue weighted by molar-refractivity contribution is 9.10. The van der Waals surface area contributed by atoms with Crippen LogP contribution in [0.2, 0.25) is 0 Å². The maximum atomic E-state index is 5.52. The summed E-state index contributed by atoms with van der Waals surface area (Å²) in [5, 5.41) is 3.47. The van der Waals surface area contributed by atoms with Gasteiger partial charge in [-0.15, -0.1) is 0 Å². The van der Waals surface area contributed by atoms with Crippen molar-refractivity contribution in [1.82, 2.24) is 0 Å². The molecule has 3 heteroatoms. The van der Waals surface area contributed by atoms with Gasteiger partial charge in [-0.3, -0.25) is 0 Å². The van der Waals surface area contributed by atoms with E-state index in [4.69, 9.17) is 4.74 Å². The Bertz CT molecular complexity index is 372. The Morgan fingerprint density at radius 1 is 1.43 bits per heavy atom. The monoisotopic (exact) mass is 253 g/mol. The minimum Gasteiger partial charge on any atom is -0.383 e. The second-order valence-electron chi connectivity index (χ2n) is 4.10. The van der Waals surface area contributed by atoms with E-state index in [9.17, 15) is 0 Å². The molecule has 1 fully saturated rings. The Morgan fingerprint density at radius 2 is 2.36 bits per heavy atom. The molecular formula is C11H12BrNO. The van der Waals surface area contributed by atoms with Gasteiger partial charge >= 0.3 is 0 Å². The topological polar surface area (TPSA) is 21.3 Å². The van der Waals surface area contributed by atoms with E-state index in [0.29, 0.717) is 0 Å². The van der Waals surface area contributed by atoms with Gasteiger partial charge in [-0.25, -0.2) is 0 Å². The van der Waals surface area contributed by atoms with Gasteiger partial charge < -0.3 is 10.1 Å². The van der Waals surface area contributed by atoms with E-state index < -0.39 is 0 Å². The van der Waals surface area contributed by atoms with Crippen LogP contribution in [0.15, 0.2) is 22.7 Å². The van der Waals surface area contributed by atoms with Crippen LogP contribution >= 0.6 is 15.9 Å². The largest absolute Gasteiger partial charge is 0.383 e. The summed E-state index contributed by atoms with van der Waals surface area (Å²) in [6.45, 7) is 2.78. The van der Waals surface area contributed by atoms with E-state index in [0.717, 1.165) is 26.2 Å². The summed E-state index contributed by atoms with van der Waals surface area (Å²) in [4.78, 5) is 0. The average Bonchev–Trinajstić information content (AvgIpc) is 2.78. The number of anilines is 1. The Morgan fingerprint density at radius 3 is 3.14 bits per heavy atom. The number of hydrogen-bond acceptors (Lipinski definition) is 2. The first-order valence-electron chi connectivity index (χ1n) is 4.92. The van der Waals surface area contributed by atoms with Crippen molar-refractivity contribution in [2.45, 2.75) is 11.8 Å². The molecule has 1 aromatic carbocycles. The molecule has 0 aromatic heterocycles. The summed E-state index contributed by atoms with van der Waals surface area (Å²) in [5.41, 5.74) is 2.93. The first kappa shape index (κ1) is 8.74. The van der Waals surface area contributed by atoms with Gasteiger partial charge in [-0.05, 0) is 34.0 Å². The lowest BCUT2D eigenvalue weighted by molar-refractivity contribution is 0.181. The second-order valence-corrected chi connectivity index (χ2v) is 4.95. The Kier molecular flexibility index (Phi) is 1.86. The van der Waals surface area contributed by atoms with E-state index >= 15 is 0 Å². The molecule has 1 N–H and O–H groups in total. The highest BCUT2D eigenvalue weighted by Gasteiger charge is 2.42. The fourth-order valence-corrected chi connectivity index (χ4v) is 2.96. The van der Waals surface area contributed by atoms with Crippen LogP contribution in [-0.4, -0.2) is 19.8 Å². The number of benzene rings is 1. The molecular weight excluding hydrogens is 242 g/mol. The number of hydrogen-bond donors (Lipinski definition) is 1. The van der Waals surface area contributed by atoms with E-state index in [1.165, 1.54) is 15.7 Å². The van der Waals surface area contributed by atoms with E-state index in [1.807, 2.05) is 0 Å². The van der Waals surface area contributed by atoms with Crippen molar-refractivity contribution in [3.63, 3.8) is 0 Å². The fraction of sp³-hybridized carbons (Fsp3) is 0.455. The predicted octanol–water partition coefficient (Wildman–Crippen LogP) is 2.53. The number of nitrogens with one attached hydrogen (secondary N) is 1. The maximum Gasteiger partial charge on any atom is 0.0581 e. The molecule has 0 amide bonds. The van der Waals surface area contributed by atoms with Crippen molar-refractivity contribution in [2.75, 3.05) is 25.1 Å². The summed E-state index contributed by atoms with van der Waals surface area (Å²) >= 11 is 3.57. The second kappa shape index (κ2) is 2.97. The molecule has 0 saturated carbocycles. The highest BCUT2D eigenvalue weighted by atomic mass is 79.9. The number of para-hydroxylation sites is 1. The van der Waals surface area contributed by atoms with Gasteiger partial charge in [0.25, 0.3) is 0 Å². The van der Waals surface area contributed by atoms with Crippen molar-refractivity contribution in [1.29, 1.82) is 0 Å². The van der Waals surface area contributed by atoms with Crippen LogP contribution < -0.4 is 5.32 Å². The zero-order valence-electron chi connectivity index (χ0n) is 7.85. The van der Waals surface area contributed by atoms with Gasteiger partial charge in [0.05, 0.1) is 12.3 Å². The van der Waals surface area contributed by atoms with Gasteiger partial charge in [0, 0.05) is 23.0 Å². The first-order valence-corrected chi connectivity index (χ1v) is 5.72. The molecule has 1 unspecified atom stereocenters. The van der Waals surface area contributed by atoms with Crippen LogP contribution in [0.25, 0.3) is 0 Å². The third kappa shape index (κ3) is 1.06. The van der Waals surface area contributed by atoms with E-state index in [-0.39, 0.29) is 5.41 Å². The lowest BCUT2D eigenvalue weighted by atomic mass is 9.82. The Labute approximate surface area is 91.8 Å². The minimum absolute atomic E-state index is 0.249. The molecule has 74 valence electrons. The molecule has 2 aliphatic rings. The number of fused-ring (bicyclic) bond motifs is 2. The molecule has 1 atom stereocenters. The molecule has 14 heavy (non-hydrogen) atoms. The standard InChI is InChI=1S/C11H12BrNO/c12-9-3-1-2-8-10(9)13-6-11(8)4-5-14-7-11/h1-3,13H,4-7H2. The lowest BCUT2D eigenvalue weighted by Gasteiger charge is -2.20. The summed E-state index contributed by atoms with van der Waals surface area (Å²) in [5.74, 6) is 0. The molecule has 3 rings (SSSR count). The van der Waals surface area contributed by atoms with Crippen molar-refractivity contribution in [3.8, 4) is 0 Å². The number of halogens is 1. The van der Waals surface area contributed by atoms with Crippen LogP contribution in [0.4, 0.5) is 5.69 Å². The molecule has 2 nitrogen and oxygen atoms in total. The first-order chi connectivity index (χ1) is 6.82. The quantitative estimate of drug-likeness (QED) is 0.768. The van der Waals surface area contributed by atoms with Crippen LogP contribution in [0.5, 0.6) is 0 Å². The van der Waals surface area contributed by atoms with Gasteiger partial charge in [0.1, 0.15) is 0 Å². The third-order valence-corrected chi connectivity index (χ3v) is 3.95. The molecule has 1 saturated heterocycles. The molecule has 0 aliphatic carbocycles. The van der Waals surface area contributed by atoms with Gasteiger partial charge in [0.2, 0.25) is 0 Å². The van der Waals surface area contributed by atoms with E-state index in [1.54, 1.807) is 0 Å². The molecule has 0 bridgehead atoms. The summed E-state index contributed by atoms with van der Waals surface area (Å²) in [7, 11) is 0. The Balaban J connectivity index is 2.14. The molecule has 1 aromatic rings. The molecule has 2 aliphatic heterocycles. The fourth-order valence-electron chi connectivity index (χ4n) is 2.46. The minimum atomic E-state index is 0.249. The molecule has 2 heterocycles. The van der Waals surface area contributed by atoms with Crippen molar-refractivity contribution in [3.05, 3.63) is 28.2 Å². The summed E-state index contributed by atoms with van der Waals surface area (Å²) in [6, 6.07) is 6.41.